The first-order valence-electron chi connectivity index (χ1n) is 9.75. The Bertz CT molecular complexity index is 499. The smallest absolute Gasteiger partial charge is 0.342 e. The molecule has 0 spiro atoms. The number of ether oxygens (including phenoxy) is 2. The number of hydrogen-bond donors (Lipinski definition) is 1. The fourth-order valence-electron chi connectivity index (χ4n) is 2.68. The number of esters is 1. The molecule has 1 rings (SSSR count). The molecule has 0 amide bonds. The van der Waals surface area contributed by atoms with E-state index in [1.807, 2.05) is 0 Å². The number of hydrogen-bond acceptors (Lipinski definition) is 4. The van der Waals surface area contributed by atoms with Crippen LogP contribution in [0.3, 0.4) is 0 Å². The third kappa shape index (κ3) is 7.80. The normalized spacial score (nSPS) is 12.0. The molecule has 1 aromatic rings. The van der Waals surface area contributed by atoms with Crippen LogP contribution in [0.5, 0.6) is 11.5 Å². The zero-order chi connectivity index (χ0) is 18.5. The SMILES string of the molecule is CCCCCCOc1cccc(C(=O)OCC(CC)CCCC)c1O. The zero-order valence-corrected chi connectivity index (χ0v) is 16.1. The summed E-state index contributed by atoms with van der Waals surface area (Å²) >= 11 is 0. The molecule has 0 heterocycles. The lowest BCUT2D eigenvalue weighted by Crippen LogP contribution is -2.14. The summed E-state index contributed by atoms with van der Waals surface area (Å²) in [4.78, 5) is 12.3. The molecule has 0 aliphatic rings. The summed E-state index contributed by atoms with van der Waals surface area (Å²) in [5.41, 5.74) is 0.177. The van der Waals surface area contributed by atoms with Gasteiger partial charge in [-0.2, -0.15) is 0 Å². The lowest BCUT2D eigenvalue weighted by Gasteiger charge is -2.15. The van der Waals surface area contributed by atoms with E-state index < -0.39 is 5.97 Å². The third-order valence-electron chi connectivity index (χ3n) is 4.47. The molecule has 1 N–H and O–H groups in total. The zero-order valence-electron chi connectivity index (χ0n) is 16.1. The van der Waals surface area contributed by atoms with Crippen molar-refractivity contribution in [3.63, 3.8) is 0 Å². The first-order valence-corrected chi connectivity index (χ1v) is 9.75. The predicted octanol–water partition coefficient (Wildman–Crippen LogP) is 5.72. The van der Waals surface area contributed by atoms with E-state index in [9.17, 15) is 9.90 Å². The lowest BCUT2D eigenvalue weighted by atomic mass is 10.0. The molecular formula is C21H34O4. The molecule has 4 heteroatoms. The number of carbonyl (C=O) groups excluding carboxylic acids is 1. The largest absolute Gasteiger partial charge is 0.504 e. The molecular weight excluding hydrogens is 316 g/mol. The van der Waals surface area contributed by atoms with Crippen molar-refractivity contribution < 1.29 is 19.4 Å². The molecule has 0 aromatic heterocycles. The van der Waals surface area contributed by atoms with Crippen LogP contribution in [0.2, 0.25) is 0 Å². The Morgan fingerprint density at radius 1 is 1.08 bits per heavy atom. The van der Waals surface area contributed by atoms with Crippen molar-refractivity contribution in [2.45, 2.75) is 72.1 Å². The second-order valence-electron chi connectivity index (χ2n) is 6.58. The van der Waals surface area contributed by atoms with Crippen LogP contribution in [0, 0.1) is 5.92 Å². The Kier molecular flexibility index (Phi) is 10.8. The molecule has 1 aromatic carbocycles. The highest BCUT2D eigenvalue weighted by Crippen LogP contribution is 2.30. The van der Waals surface area contributed by atoms with Gasteiger partial charge in [-0.3, -0.25) is 0 Å². The van der Waals surface area contributed by atoms with E-state index in [2.05, 4.69) is 20.8 Å². The average Bonchev–Trinajstić information content (AvgIpc) is 2.62. The molecule has 0 radical (unpaired) electrons. The molecule has 0 aliphatic carbocycles. The fraction of sp³-hybridized carbons (Fsp3) is 0.667. The predicted molar refractivity (Wildman–Crippen MR) is 101 cm³/mol. The molecule has 0 saturated carbocycles. The summed E-state index contributed by atoms with van der Waals surface area (Å²) in [5, 5.41) is 10.3. The van der Waals surface area contributed by atoms with Crippen molar-refractivity contribution >= 4 is 5.97 Å². The van der Waals surface area contributed by atoms with Gasteiger partial charge in [0.2, 0.25) is 0 Å². The summed E-state index contributed by atoms with van der Waals surface area (Å²) in [6.07, 6.45) is 8.73. The minimum Gasteiger partial charge on any atom is -0.504 e. The molecule has 142 valence electrons. The maximum absolute atomic E-state index is 12.3. The van der Waals surface area contributed by atoms with Gasteiger partial charge in [0.15, 0.2) is 11.5 Å². The van der Waals surface area contributed by atoms with Crippen LogP contribution in [-0.2, 0) is 4.74 Å². The van der Waals surface area contributed by atoms with Crippen LogP contribution >= 0.6 is 0 Å². The lowest BCUT2D eigenvalue weighted by molar-refractivity contribution is 0.0424. The minimum atomic E-state index is -0.483. The first kappa shape index (κ1) is 21.3. The van der Waals surface area contributed by atoms with Crippen molar-refractivity contribution in [3.05, 3.63) is 23.8 Å². The summed E-state index contributed by atoms with van der Waals surface area (Å²) in [7, 11) is 0. The molecule has 1 atom stereocenters. The number of phenols is 1. The summed E-state index contributed by atoms with van der Waals surface area (Å²) in [5.74, 6) is 0.126. The summed E-state index contributed by atoms with van der Waals surface area (Å²) < 4.78 is 11.0. The van der Waals surface area contributed by atoms with Gasteiger partial charge >= 0.3 is 5.97 Å². The highest BCUT2D eigenvalue weighted by Gasteiger charge is 2.18. The number of unbranched alkanes of at least 4 members (excludes halogenated alkanes) is 4. The Hall–Kier alpha value is -1.71. The molecule has 0 saturated heterocycles. The van der Waals surface area contributed by atoms with E-state index in [1.54, 1.807) is 18.2 Å². The van der Waals surface area contributed by atoms with Gasteiger partial charge in [-0.15, -0.1) is 0 Å². The molecule has 4 nitrogen and oxygen atoms in total. The number of phenolic OH excluding ortho intramolecular Hbond substituents is 1. The van der Waals surface area contributed by atoms with Crippen LogP contribution in [-0.4, -0.2) is 24.3 Å². The van der Waals surface area contributed by atoms with Gasteiger partial charge in [-0.25, -0.2) is 4.79 Å². The van der Waals surface area contributed by atoms with E-state index in [0.717, 1.165) is 38.5 Å². The van der Waals surface area contributed by atoms with Crippen LogP contribution < -0.4 is 4.74 Å². The van der Waals surface area contributed by atoms with E-state index in [-0.39, 0.29) is 11.3 Å². The Morgan fingerprint density at radius 3 is 2.52 bits per heavy atom. The Morgan fingerprint density at radius 2 is 1.84 bits per heavy atom. The quantitative estimate of drug-likeness (QED) is 0.365. The van der Waals surface area contributed by atoms with Crippen LogP contribution in [0.1, 0.15) is 82.5 Å². The molecule has 1 unspecified atom stereocenters. The minimum absolute atomic E-state index is 0.121. The van der Waals surface area contributed by atoms with Gasteiger partial charge in [-0.1, -0.05) is 65.4 Å². The van der Waals surface area contributed by atoms with Crippen LogP contribution in [0.15, 0.2) is 18.2 Å². The van der Waals surface area contributed by atoms with Gasteiger partial charge in [0.1, 0.15) is 5.56 Å². The number of benzene rings is 1. The van der Waals surface area contributed by atoms with Crippen LogP contribution in [0.25, 0.3) is 0 Å². The van der Waals surface area contributed by atoms with Gasteiger partial charge in [-0.05, 0) is 30.9 Å². The molecule has 0 fully saturated rings. The second kappa shape index (κ2) is 12.6. The molecule has 25 heavy (non-hydrogen) atoms. The van der Waals surface area contributed by atoms with Crippen molar-refractivity contribution in [2.75, 3.05) is 13.2 Å². The van der Waals surface area contributed by atoms with Crippen molar-refractivity contribution in [1.82, 2.24) is 0 Å². The van der Waals surface area contributed by atoms with E-state index in [1.165, 1.54) is 12.8 Å². The summed E-state index contributed by atoms with van der Waals surface area (Å²) in [6.45, 7) is 7.37. The van der Waals surface area contributed by atoms with Gasteiger partial charge in [0, 0.05) is 0 Å². The van der Waals surface area contributed by atoms with Crippen LogP contribution in [0.4, 0.5) is 0 Å². The van der Waals surface area contributed by atoms with E-state index >= 15 is 0 Å². The Labute approximate surface area is 152 Å². The van der Waals surface area contributed by atoms with E-state index in [0.29, 0.717) is 24.9 Å². The van der Waals surface area contributed by atoms with Gasteiger partial charge in [0.05, 0.1) is 13.2 Å². The van der Waals surface area contributed by atoms with Crippen molar-refractivity contribution in [3.8, 4) is 11.5 Å². The fourth-order valence-corrected chi connectivity index (χ4v) is 2.68. The third-order valence-corrected chi connectivity index (χ3v) is 4.47. The van der Waals surface area contributed by atoms with Crippen molar-refractivity contribution in [1.29, 1.82) is 0 Å². The average molecular weight is 350 g/mol. The number of carbonyl (C=O) groups is 1. The maximum Gasteiger partial charge on any atom is 0.342 e. The Balaban J connectivity index is 2.56. The number of aromatic hydroxyl groups is 1. The van der Waals surface area contributed by atoms with Crippen molar-refractivity contribution in [2.24, 2.45) is 5.92 Å². The highest BCUT2D eigenvalue weighted by molar-refractivity contribution is 5.93. The molecule has 0 aliphatic heterocycles. The summed E-state index contributed by atoms with van der Waals surface area (Å²) in [6, 6.07) is 4.97. The maximum atomic E-state index is 12.3. The number of rotatable bonds is 13. The highest BCUT2D eigenvalue weighted by atomic mass is 16.5. The van der Waals surface area contributed by atoms with E-state index in [4.69, 9.17) is 9.47 Å². The second-order valence-corrected chi connectivity index (χ2v) is 6.58. The number of para-hydroxylation sites is 1. The van der Waals surface area contributed by atoms with Gasteiger partial charge in [0.25, 0.3) is 0 Å². The topological polar surface area (TPSA) is 55.8 Å². The monoisotopic (exact) mass is 350 g/mol. The van der Waals surface area contributed by atoms with Gasteiger partial charge < -0.3 is 14.6 Å². The molecule has 0 bridgehead atoms. The standard InChI is InChI=1S/C21H34O4/c1-4-7-9-10-15-24-19-14-11-13-18(20(19)22)21(23)25-16-17(6-3)12-8-5-2/h11,13-14,17,22H,4-10,12,15-16H2,1-3H3. The first-order chi connectivity index (χ1) is 12.1.